The van der Waals surface area contributed by atoms with Gasteiger partial charge in [-0.2, -0.15) is 0 Å². The van der Waals surface area contributed by atoms with E-state index in [9.17, 15) is 9.59 Å². The first-order valence-corrected chi connectivity index (χ1v) is 8.75. The Hall–Kier alpha value is -2.66. The number of hydrogen-bond acceptors (Lipinski definition) is 5. The summed E-state index contributed by atoms with van der Waals surface area (Å²) in [5.41, 5.74) is 3.81. The van der Waals surface area contributed by atoms with Gasteiger partial charge in [-0.25, -0.2) is 9.59 Å². The first-order valence-electron chi connectivity index (χ1n) is 7.87. The number of hydrogen-bond donors (Lipinski definition) is 0. The van der Waals surface area contributed by atoms with Crippen molar-refractivity contribution >= 4 is 34.4 Å². The van der Waals surface area contributed by atoms with Crippen LogP contribution in [0.15, 0.2) is 44.9 Å². The summed E-state index contributed by atoms with van der Waals surface area (Å²) in [4.78, 5) is 24.8. The summed E-state index contributed by atoms with van der Waals surface area (Å²) in [5.74, 6) is -0.446. The molecule has 0 spiro atoms. The molecule has 25 heavy (non-hydrogen) atoms. The van der Waals surface area contributed by atoms with Crippen molar-refractivity contribution in [2.24, 2.45) is 0 Å². The van der Waals surface area contributed by atoms with Crippen LogP contribution in [0.1, 0.15) is 27.1 Å². The van der Waals surface area contributed by atoms with E-state index in [1.54, 1.807) is 17.4 Å². The fraction of sp³-hybridized carbons (Fsp3) is 0.200. The molecule has 2 heterocycles. The SMILES string of the molecule is Cc1ccsc1/C=C/C(=O)OCc1cc(=O)oc2c(C)c(C)ccc12. The molecule has 0 saturated carbocycles. The lowest BCUT2D eigenvalue weighted by Crippen LogP contribution is -2.06. The fourth-order valence-corrected chi connectivity index (χ4v) is 3.36. The Balaban J connectivity index is 1.80. The Morgan fingerprint density at radius 2 is 2.00 bits per heavy atom. The Labute approximate surface area is 149 Å². The predicted octanol–water partition coefficient (Wildman–Crippen LogP) is 4.54. The van der Waals surface area contributed by atoms with Crippen molar-refractivity contribution in [3.8, 4) is 0 Å². The molecule has 5 heteroatoms. The second-order valence-electron chi connectivity index (χ2n) is 5.88. The molecule has 0 N–H and O–H groups in total. The quantitative estimate of drug-likeness (QED) is 0.392. The van der Waals surface area contributed by atoms with Gasteiger partial charge in [-0.1, -0.05) is 12.1 Å². The van der Waals surface area contributed by atoms with Crippen molar-refractivity contribution in [1.29, 1.82) is 0 Å². The minimum absolute atomic E-state index is 0.0250. The lowest BCUT2D eigenvalue weighted by Gasteiger charge is -2.09. The lowest BCUT2D eigenvalue weighted by molar-refractivity contribution is -0.138. The summed E-state index contributed by atoms with van der Waals surface area (Å²) in [7, 11) is 0. The molecule has 0 aliphatic rings. The van der Waals surface area contributed by atoms with Crippen LogP contribution in [0.4, 0.5) is 0 Å². The maximum Gasteiger partial charge on any atom is 0.336 e. The number of carbonyl (C=O) groups is 1. The normalized spacial score (nSPS) is 11.3. The maximum absolute atomic E-state index is 12.0. The zero-order chi connectivity index (χ0) is 18.0. The molecule has 0 bridgehead atoms. The van der Waals surface area contributed by atoms with Crippen LogP contribution in [0.25, 0.3) is 17.0 Å². The van der Waals surface area contributed by atoms with Gasteiger partial charge in [-0.15, -0.1) is 11.3 Å². The van der Waals surface area contributed by atoms with Gasteiger partial charge >= 0.3 is 11.6 Å². The minimum Gasteiger partial charge on any atom is -0.458 e. The topological polar surface area (TPSA) is 56.5 Å². The molecule has 3 aromatic rings. The standard InChI is InChI=1S/C20H18O4S/c1-12-4-5-16-15(10-19(22)24-20(16)14(12)3)11-23-18(21)7-6-17-13(2)8-9-25-17/h4-10H,11H2,1-3H3/b7-6+. The van der Waals surface area contributed by atoms with Crippen molar-refractivity contribution in [1.82, 2.24) is 0 Å². The highest BCUT2D eigenvalue weighted by Crippen LogP contribution is 2.24. The highest BCUT2D eigenvalue weighted by atomic mass is 32.1. The highest BCUT2D eigenvalue weighted by molar-refractivity contribution is 7.11. The molecule has 2 aromatic heterocycles. The molecule has 0 saturated heterocycles. The molecule has 0 aliphatic heterocycles. The van der Waals surface area contributed by atoms with Gasteiger partial charge in [0.05, 0.1) is 0 Å². The van der Waals surface area contributed by atoms with Crippen molar-refractivity contribution in [2.45, 2.75) is 27.4 Å². The van der Waals surface area contributed by atoms with E-state index in [-0.39, 0.29) is 6.61 Å². The van der Waals surface area contributed by atoms with Gasteiger partial charge in [0.15, 0.2) is 0 Å². The van der Waals surface area contributed by atoms with Crippen LogP contribution in [-0.4, -0.2) is 5.97 Å². The number of ether oxygens (including phenoxy) is 1. The summed E-state index contributed by atoms with van der Waals surface area (Å²) >= 11 is 1.56. The maximum atomic E-state index is 12.0. The van der Waals surface area contributed by atoms with Crippen molar-refractivity contribution in [3.05, 3.63) is 73.3 Å². The molecule has 0 fully saturated rings. The van der Waals surface area contributed by atoms with E-state index >= 15 is 0 Å². The monoisotopic (exact) mass is 354 g/mol. The van der Waals surface area contributed by atoms with Crippen LogP contribution in [0.5, 0.6) is 0 Å². The summed E-state index contributed by atoms with van der Waals surface area (Å²) in [6.07, 6.45) is 3.15. The van der Waals surface area contributed by atoms with Crippen LogP contribution in [0.2, 0.25) is 0 Å². The van der Waals surface area contributed by atoms with Gasteiger partial charge in [0.1, 0.15) is 12.2 Å². The molecule has 0 amide bonds. The Morgan fingerprint density at radius 3 is 2.72 bits per heavy atom. The molecule has 0 atom stereocenters. The van der Waals surface area contributed by atoms with Crippen LogP contribution < -0.4 is 5.63 Å². The molecule has 0 radical (unpaired) electrons. The van der Waals surface area contributed by atoms with Crippen molar-refractivity contribution in [2.75, 3.05) is 0 Å². The van der Waals surface area contributed by atoms with Crippen LogP contribution in [0, 0.1) is 20.8 Å². The number of rotatable bonds is 4. The average molecular weight is 354 g/mol. The summed E-state index contributed by atoms with van der Waals surface area (Å²) in [6.45, 7) is 5.87. The molecule has 128 valence electrons. The van der Waals surface area contributed by atoms with E-state index in [2.05, 4.69) is 0 Å². The van der Waals surface area contributed by atoms with Crippen molar-refractivity contribution in [3.63, 3.8) is 0 Å². The van der Waals surface area contributed by atoms with Gasteiger partial charge in [-0.05, 0) is 55.0 Å². The molecule has 0 aliphatic carbocycles. The smallest absolute Gasteiger partial charge is 0.336 e. The summed E-state index contributed by atoms with van der Waals surface area (Å²) in [6, 6.07) is 7.21. The molecular formula is C20H18O4S. The first-order chi connectivity index (χ1) is 12.0. The zero-order valence-electron chi connectivity index (χ0n) is 14.3. The third-order valence-electron chi connectivity index (χ3n) is 4.16. The predicted molar refractivity (Wildman–Crippen MR) is 99.8 cm³/mol. The van der Waals surface area contributed by atoms with Crippen LogP contribution in [-0.2, 0) is 16.1 Å². The number of benzene rings is 1. The molecule has 3 rings (SSSR count). The van der Waals surface area contributed by atoms with Crippen molar-refractivity contribution < 1.29 is 13.9 Å². The van der Waals surface area contributed by atoms with Gasteiger partial charge < -0.3 is 9.15 Å². The number of carbonyl (C=O) groups excluding carboxylic acids is 1. The highest BCUT2D eigenvalue weighted by Gasteiger charge is 2.11. The van der Waals surface area contributed by atoms with Gasteiger partial charge in [0.25, 0.3) is 0 Å². The Kier molecular flexibility index (Phi) is 4.86. The number of thiophene rings is 1. The molecular weight excluding hydrogens is 336 g/mol. The van der Waals surface area contributed by atoms with Gasteiger partial charge in [-0.3, -0.25) is 0 Å². The second kappa shape index (κ2) is 7.07. The fourth-order valence-electron chi connectivity index (χ4n) is 2.54. The third kappa shape index (κ3) is 3.72. The van der Waals surface area contributed by atoms with Crippen LogP contribution >= 0.6 is 11.3 Å². The van der Waals surface area contributed by atoms with Gasteiger partial charge in [0.2, 0.25) is 0 Å². The van der Waals surface area contributed by atoms with E-state index in [4.69, 9.17) is 9.15 Å². The average Bonchev–Trinajstić information content (AvgIpc) is 2.99. The third-order valence-corrected chi connectivity index (χ3v) is 5.14. The lowest BCUT2D eigenvalue weighted by atomic mass is 10.0. The number of fused-ring (bicyclic) bond motifs is 1. The van der Waals surface area contributed by atoms with Crippen LogP contribution in [0.3, 0.4) is 0 Å². The zero-order valence-corrected chi connectivity index (χ0v) is 15.1. The largest absolute Gasteiger partial charge is 0.458 e. The molecule has 0 unspecified atom stereocenters. The number of esters is 1. The van der Waals surface area contributed by atoms with E-state index < -0.39 is 11.6 Å². The number of aryl methyl sites for hydroxylation is 3. The first kappa shape index (κ1) is 17.2. The van der Waals surface area contributed by atoms with E-state index in [1.165, 1.54) is 12.1 Å². The van der Waals surface area contributed by atoms with E-state index in [0.717, 1.165) is 27.0 Å². The van der Waals surface area contributed by atoms with E-state index in [0.29, 0.717) is 11.1 Å². The molecule has 4 nitrogen and oxygen atoms in total. The molecule has 1 aromatic carbocycles. The summed E-state index contributed by atoms with van der Waals surface area (Å²) < 4.78 is 10.6. The summed E-state index contributed by atoms with van der Waals surface area (Å²) in [5, 5.41) is 2.76. The second-order valence-corrected chi connectivity index (χ2v) is 6.83. The Bertz CT molecular complexity index is 1020. The minimum atomic E-state index is -0.447. The van der Waals surface area contributed by atoms with E-state index in [1.807, 2.05) is 44.4 Å². The Morgan fingerprint density at radius 1 is 1.20 bits per heavy atom. The van der Waals surface area contributed by atoms with Gasteiger partial charge in [0, 0.05) is 28.0 Å².